The summed E-state index contributed by atoms with van der Waals surface area (Å²) >= 11 is 5.30. The normalized spacial score (nSPS) is 11.3. The lowest BCUT2D eigenvalue weighted by molar-refractivity contribution is 0.863. The summed E-state index contributed by atoms with van der Waals surface area (Å²) in [5, 5.41) is 16.1. The van der Waals surface area contributed by atoms with Crippen LogP contribution in [0.15, 0.2) is 66.2 Å². The number of aromatic amines is 1. The third-order valence-corrected chi connectivity index (χ3v) is 4.12. The first kappa shape index (κ1) is 16.1. The van der Waals surface area contributed by atoms with Gasteiger partial charge < -0.3 is 0 Å². The van der Waals surface area contributed by atoms with Gasteiger partial charge in [0.05, 0.1) is 17.6 Å². The van der Waals surface area contributed by atoms with Gasteiger partial charge in [-0.05, 0) is 43.4 Å². The third-order valence-electron chi connectivity index (χ3n) is 3.86. The molecule has 0 atom stereocenters. The van der Waals surface area contributed by atoms with Crippen molar-refractivity contribution in [3.8, 4) is 17.1 Å². The zero-order chi connectivity index (χ0) is 17.9. The van der Waals surface area contributed by atoms with Crippen molar-refractivity contribution in [2.24, 2.45) is 5.10 Å². The molecular formula is C18H15N7S. The molecular weight excluding hydrogens is 346 g/mol. The van der Waals surface area contributed by atoms with Gasteiger partial charge in [0, 0.05) is 29.7 Å². The van der Waals surface area contributed by atoms with Crippen LogP contribution in [-0.4, -0.2) is 35.9 Å². The van der Waals surface area contributed by atoms with Crippen molar-refractivity contribution in [3.63, 3.8) is 0 Å². The molecule has 0 amide bonds. The van der Waals surface area contributed by atoms with E-state index in [1.807, 2.05) is 60.3 Å². The first-order chi connectivity index (χ1) is 12.7. The van der Waals surface area contributed by atoms with E-state index in [0.717, 1.165) is 22.5 Å². The van der Waals surface area contributed by atoms with E-state index in [1.165, 1.54) is 0 Å². The molecule has 4 aromatic rings. The van der Waals surface area contributed by atoms with Crippen molar-refractivity contribution < 1.29 is 0 Å². The Hall–Kier alpha value is -3.39. The molecule has 0 unspecified atom stereocenters. The number of aromatic nitrogens is 6. The fraction of sp³-hybridized carbons (Fsp3) is 0.0556. The first-order valence-corrected chi connectivity index (χ1v) is 8.37. The van der Waals surface area contributed by atoms with Crippen molar-refractivity contribution >= 4 is 18.4 Å². The van der Waals surface area contributed by atoms with Crippen molar-refractivity contribution in [2.75, 3.05) is 0 Å². The molecule has 8 heteroatoms. The summed E-state index contributed by atoms with van der Waals surface area (Å²) in [6.07, 6.45) is 7.08. The first-order valence-electron chi connectivity index (χ1n) is 7.96. The molecule has 128 valence electrons. The molecule has 1 N–H and O–H groups in total. The smallest absolute Gasteiger partial charge is 0.216 e. The van der Waals surface area contributed by atoms with Gasteiger partial charge in [-0.3, -0.25) is 4.98 Å². The molecule has 4 rings (SSSR count). The molecule has 7 nitrogen and oxygen atoms in total. The molecule has 3 heterocycles. The van der Waals surface area contributed by atoms with Crippen LogP contribution in [0.25, 0.3) is 17.1 Å². The Morgan fingerprint density at radius 2 is 1.88 bits per heavy atom. The Kier molecular flexibility index (Phi) is 4.24. The van der Waals surface area contributed by atoms with Crippen LogP contribution in [0.3, 0.4) is 0 Å². The molecule has 0 aliphatic rings. The van der Waals surface area contributed by atoms with E-state index >= 15 is 0 Å². The molecule has 1 aromatic carbocycles. The maximum Gasteiger partial charge on any atom is 0.216 e. The maximum absolute atomic E-state index is 5.30. The minimum atomic E-state index is 0.418. The van der Waals surface area contributed by atoms with Crippen LogP contribution >= 0.6 is 12.2 Å². The predicted octanol–water partition coefficient (Wildman–Crippen LogP) is 3.38. The number of hydrogen-bond donors (Lipinski definition) is 1. The van der Waals surface area contributed by atoms with Gasteiger partial charge in [-0.2, -0.15) is 20.0 Å². The third kappa shape index (κ3) is 3.09. The summed E-state index contributed by atoms with van der Waals surface area (Å²) in [5.41, 5.74) is 3.64. The van der Waals surface area contributed by atoms with Crippen LogP contribution in [0, 0.1) is 11.7 Å². The quantitative estimate of drug-likeness (QED) is 0.446. The van der Waals surface area contributed by atoms with Crippen molar-refractivity contribution in [2.45, 2.75) is 6.92 Å². The lowest BCUT2D eigenvalue weighted by Crippen LogP contribution is -1.95. The molecule has 26 heavy (non-hydrogen) atoms. The van der Waals surface area contributed by atoms with E-state index < -0.39 is 0 Å². The number of benzene rings is 1. The summed E-state index contributed by atoms with van der Waals surface area (Å²) in [7, 11) is 0. The van der Waals surface area contributed by atoms with Gasteiger partial charge >= 0.3 is 0 Å². The lowest BCUT2D eigenvalue weighted by Gasteiger charge is -1.99. The highest BCUT2D eigenvalue weighted by atomic mass is 32.1. The number of aryl methyl sites for hydroxylation is 1. The van der Waals surface area contributed by atoms with E-state index in [1.54, 1.807) is 23.3 Å². The Morgan fingerprint density at radius 1 is 1.12 bits per heavy atom. The van der Waals surface area contributed by atoms with E-state index in [2.05, 4.69) is 25.4 Å². The average Bonchev–Trinajstić information content (AvgIpc) is 3.24. The van der Waals surface area contributed by atoms with E-state index in [0.29, 0.717) is 10.6 Å². The van der Waals surface area contributed by atoms with Crippen LogP contribution in [-0.2, 0) is 0 Å². The molecule has 0 spiro atoms. The van der Waals surface area contributed by atoms with Crippen LogP contribution < -0.4 is 0 Å². The van der Waals surface area contributed by atoms with Crippen molar-refractivity contribution in [1.29, 1.82) is 0 Å². The Bertz CT molecular complexity index is 1110. The SMILES string of the molecule is Cc1nn(-c2ccccc2)cc1/C=N\n1c(-c2ccncc2)n[nH]c1=S. The highest BCUT2D eigenvalue weighted by Crippen LogP contribution is 2.16. The molecule has 0 radical (unpaired) electrons. The van der Waals surface area contributed by atoms with Gasteiger partial charge in [-0.15, -0.1) is 0 Å². The topological polar surface area (TPSA) is 76.7 Å². The van der Waals surface area contributed by atoms with Gasteiger partial charge in [-0.1, -0.05) is 18.2 Å². The van der Waals surface area contributed by atoms with Gasteiger partial charge in [0.15, 0.2) is 5.82 Å². The number of pyridine rings is 1. The second-order valence-corrected chi connectivity index (χ2v) is 5.98. The monoisotopic (exact) mass is 361 g/mol. The number of nitrogens with zero attached hydrogens (tertiary/aromatic N) is 6. The predicted molar refractivity (Wildman–Crippen MR) is 102 cm³/mol. The van der Waals surface area contributed by atoms with Crippen LogP contribution in [0.4, 0.5) is 0 Å². The summed E-state index contributed by atoms with van der Waals surface area (Å²) in [5.74, 6) is 0.627. The second kappa shape index (κ2) is 6.85. The Balaban J connectivity index is 1.69. The number of nitrogens with one attached hydrogen (secondary N) is 1. The highest BCUT2D eigenvalue weighted by Gasteiger charge is 2.09. The van der Waals surface area contributed by atoms with E-state index in [4.69, 9.17) is 12.2 Å². The minimum Gasteiger partial charge on any atom is -0.265 e. The van der Waals surface area contributed by atoms with E-state index in [9.17, 15) is 0 Å². The fourth-order valence-corrected chi connectivity index (χ4v) is 2.70. The van der Waals surface area contributed by atoms with E-state index in [-0.39, 0.29) is 0 Å². The van der Waals surface area contributed by atoms with Gasteiger partial charge in [0.1, 0.15) is 0 Å². The molecule has 0 aliphatic heterocycles. The molecule has 0 bridgehead atoms. The maximum atomic E-state index is 5.30. The Morgan fingerprint density at radius 3 is 2.65 bits per heavy atom. The second-order valence-electron chi connectivity index (χ2n) is 5.59. The minimum absolute atomic E-state index is 0.418. The number of H-pyrrole nitrogens is 1. The summed E-state index contributed by atoms with van der Waals surface area (Å²) in [4.78, 5) is 4.02. The Labute approximate surface area is 154 Å². The van der Waals surface area contributed by atoms with Crippen molar-refractivity contribution in [3.05, 3.63) is 77.1 Å². The zero-order valence-electron chi connectivity index (χ0n) is 13.9. The highest BCUT2D eigenvalue weighted by molar-refractivity contribution is 7.71. The van der Waals surface area contributed by atoms with Crippen LogP contribution in [0.2, 0.25) is 0 Å². The largest absolute Gasteiger partial charge is 0.265 e. The van der Waals surface area contributed by atoms with Gasteiger partial charge in [-0.25, -0.2) is 9.78 Å². The van der Waals surface area contributed by atoms with Crippen LogP contribution in [0.1, 0.15) is 11.3 Å². The summed E-state index contributed by atoms with van der Waals surface area (Å²) < 4.78 is 3.83. The molecule has 0 saturated carbocycles. The molecule has 3 aromatic heterocycles. The van der Waals surface area contributed by atoms with Gasteiger partial charge in [0.25, 0.3) is 0 Å². The number of hydrogen-bond acceptors (Lipinski definition) is 5. The molecule has 0 fully saturated rings. The fourth-order valence-electron chi connectivity index (χ4n) is 2.52. The average molecular weight is 361 g/mol. The lowest BCUT2D eigenvalue weighted by atomic mass is 10.2. The number of para-hydroxylation sites is 1. The summed E-state index contributed by atoms with van der Waals surface area (Å²) in [6, 6.07) is 13.6. The van der Waals surface area contributed by atoms with Gasteiger partial charge in [0.2, 0.25) is 4.77 Å². The molecule has 0 aliphatic carbocycles. The number of rotatable bonds is 4. The summed E-state index contributed by atoms with van der Waals surface area (Å²) in [6.45, 7) is 1.94. The van der Waals surface area contributed by atoms with Crippen LogP contribution in [0.5, 0.6) is 0 Å². The van der Waals surface area contributed by atoms with Crippen molar-refractivity contribution in [1.82, 2.24) is 29.6 Å². The molecule has 0 saturated heterocycles. The zero-order valence-corrected chi connectivity index (χ0v) is 14.8. The standard InChI is InChI=1S/C18H15N7S/c1-13-15(12-24(23-13)16-5-3-2-4-6-16)11-20-25-17(21-22-18(25)26)14-7-9-19-10-8-14/h2-12H,1H3,(H,22,26)/b20-11-.